The van der Waals surface area contributed by atoms with Crippen LogP contribution in [0.2, 0.25) is 0 Å². The van der Waals surface area contributed by atoms with Gasteiger partial charge in [-0.05, 0) is 43.0 Å². The summed E-state index contributed by atoms with van der Waals surface area (Å²) in [6.45, 7) is 1.11. The largest absolute Gasteiger partial charge is 0.205 e. The van der Waals surface area contributed by atoms with Crippen LogP contribution in [-0.4, -0.2) is 0 Å². The lowest BCUT2D eigenvalue weighted by Crippen LogP contribution is -2.32. The van der Waals surface area contributed by atoms with Gasteiger partial charge in [-0.1, -0.05) is 37.9 Å². The molecule has 0 spiro atoms. The van der Waals surface area contributed by atoms with E-state index in [0.29, 0.717) is 0 Å². The summed E-state index contributed by atoms with van der Waals surface area (Å²) in [4.78, 5) is 0. The highest BCUT2D eigenvalue weighted by molar-refractivity contribution is 9.11. The highest BCUT2D eigenvalue weighted by Gasteiger charge is 2.02. The van der Waals surface area contributed by atoms with E-state index in [1.165, 1.54) is 29.3 Å². The predicted octanol–water partition coefficient (Wildman–Crippen LogP) is 4.91. The quantitative estimate of drug-likeness (QED) is 0.492. The highest BCUT2D eigenvalue weighted by atomic mass is 79.9. The molecule has 0 bridgehead atoms. The lowest BCUT2D eigenvalue weighted by atomic mass is 10.1. The molecule has 0 saturated heterocycles. The summed E-state index contributed by atoms with van der Waals surface area (Å²) >= 11 is 7.14. The molecule has 2 aromatic rings. The van der Waals surface area contributed by atoms with Gasteiger partial charge in [0.15, 0.2) is 12.4 Å². The molecule has 0 fully saturated rings. The zero-order valence-corrected chi connectivity index (χ0v) is 14.0. The number of aromatic nitrogens is 1. The molecule has 19 heavy (non-hydrogen) atoms. The fraction of sp³-hybridized carbons (Fsp3) is 0.312. The Kier molecular flexibility index (Phi) is 6.05. The molecule has 1 nitrogen and oxygen atoms in total. The van der Waals surface area contributed by atoms with Crippen LogP contribution in [0.15, 0.2) is 57.7 Å². The summed E-state index contributed by atoms with van der Waals surface area (Å²) < 4.78 is 4.62. The number of pyridine rings is 1. The van der Waals surface area contributed by atoms with Crippen molar-refractivity contribution in [3.8, 4) is 0 Å². The van der Waals surface area contributed by atoms with Crippen LogP contribution in [0.5, 0.6) is 0 Å². The fourth-order valence-corrected chi connectivity index (χ4v) is 2.96. The van der Waals surface area contributed by atoms with Gasteiger partial charge in [-0.15, -0.1) is 0 Å². The van der Waals surface area contributed by atoms with Gasteiger partial charge in [-0.25, -0.2) is 4.57 Å². The Morgan fingerprint density at radius 2 is 1.68 bits per heavy atom. The van der Waals surface area contributed by atoms with Crippen molar-refractivity contribution in [2.75, 3.05) is 0 Å². The average Bonchev–Trinajstić information content (AvgIpc) is 2.43. The number of nitrogens with zero attached hydrogens (tertiary/aromatic N) is 1. The van der Waals surface area contributed by atoms with Crippen LogP contribution in [0.3, 0.4) is 0 Å². The lowest BCUT2D eigenvalue weighted by Gasteiger charge is -2.04. The van der Waals surface area contributed by atoms with Crippen molar-refractivity contribution in [1.29, 1.82) is 0 Å². The fourth-order valence-electron chi connectivity index (χ4n) is 2.10. The maximum Gasteiger partial charge on any atom is 0.168 e. The highest BCUT2D eigenvalue weighted by Crippen LogP contribution is 2.23. The average molecular weight is 384 g/mol. The summed E-state index contributed by atoms with van der Waals surface area (Å²) in [5.41, 5.74) is 1.39. The number of hydrogen-bond donors (Lipinski definition) is 0. The molecule has 0 atom stereocenters. The minimum atomic E-state index is 1.11. The van der Waals surface area contributed by atoms with Crippen LogP contribution in [0, 0.1) is 0 Å². The second-order valence-corrected chi connectivity index (χ2v) is 6.43. The Hall–Kier alpha value is -0.670. The monoisotopic (exact) mass is 382 g/mol. The molecular weight excluding hydrogens is 366 g/mol. The lowest BCUT2D eigenvalue weighted by molar-refractivity contribution is -0.697. The van der Waals surface area contributed by atoms with Gasteiger partial charge >= 0.3 is 0 Å². The maximum atomic E-state index is 3.61. The van der Waals surface area contributed by atoms with E-state index < -0.39 is 0 Å². The van der Waals surface area contributed by atoms with Crippen LogP contribution in [0.25, 0.3) is 0 Å². The number of aryl methyl sites for hydroxylation is 2. The summed E-state index contributed by atoms with van der Waals surface area (Å²) in [5, 5.41) is 0. The zero-order chi connectivity index (χ0) is 13.5. The number of hydrogen-bond acceptors (Lipinski definition) is 0. The topological polar surface area (TPSA) is 3.88 Å². The second-order valence-electron chi connectivity index (χ2n) is 4.66. The van der Waals surface area contributed by atoms with Gasteiger partial charge in [-0.2, -0.15) is 0 Å². The van der Waals surface area contributed by atoms with Gasteiger partial charge in [0.1, 0.15) is 6.54 Å². The first kappa shape index (κ1) is 14.7. The van der Waals surface area contributed by atoms with Gasteiger partial charge in [0.2, 0.25) is 0 Å². The van der Waals surface area contributed by atoms with E-state index in [0.717, 1.165) is 17.4 Å². The van der Waals surface area contributed by atoms with Gasteiger partial charge < -0.3 is 0 Å². The predicted molar refractivity (Wildman–Crippen MR) is 86.0 cm³/mol. The number of benzene rings is 1. The van der Waals surface area contributed by atoms with Gasteiger partial charge in [0, 0.05) is 27.5 Å². The molecule has 0 aliphatic rings. The molecule has 0 radical (unpaired) electrons. The van der Waals surface area contributed by atoms with Crippen LogP contribution in [0.1, 0.15) is 24.8 Å². The molecule has 0 aliphatic heterocycles. The van der Waals surface area contributed by atoms with E-state index in [-0.39, 0.29) is 0 Å². The number of halogens is 2. The van der Waals surface area contributed by atoms with Crippen molar-refractivity contribution in [2.24, 2.45) is 0 Å². The Morgan fingerprint density at radius 3 is 2.47 bits per heavy atom. The maximum absolute atomic E-state index is 3.61. The number of rotatable bonds is 6. The second kappa shape index (κ2) is 7.81. The third-order valence-corrected chi connectivity index (χ3v) is 4.41. The molecule has 2 rings (SSSR count). The molecule has 1 aromatic heterocycles. The van der Waals surface area contributed by atoms with E-state index in [1.807, 2.05) is 0 Å². The van der Waals surface area contributed by atoms with Crippen LogP contribution in [-0.2, 0) is 13.0 Å². The molecule has 3 heteroatoms. The van der Waals surface area contributed by atoms with E-state index in [1.54, 1.807) is 0 Å². The summed E-state index contributed by atoms with van der Waals surface area (Å²) in [6.07, 6.45) is 9.14. The molecule has 100 valence electrons. The van der Waals surface area contributed by atoms with E-state index in [9.17, 15) is 0 Å². The SMILES string of the molecule is Brc1ccc(Br)c(CCCCC[n+]2ccccc2)c1. The molecule has 0 saturated carbocycles. The molecule has 0 unspecified atom stereocenters. The van der Waals surface area contributed by atoms with Gasteiger partial charge in [0.25, 0.3) is 0 Å². The third-order valence-electron chi connectivity index (χ3n) is 3.15. The summed E-state index contributed by atoms with van der Waals surface area (Å²) in [5.74, 6) is 0. The third kappa shape index (κ3) is 5.07. The van der Waals surface area contributed by atoms with Crippen LogP contribution in [0.4, 0.5) is 0 Å². The Labute approximate surface area is 131 Å². The van der Waals surface area contributed by atoms with Gasteiger partial charge in [-0.3, -0.25) is 0 Å². The van der Waals surface area contributed by atoms with Crippen LogP contribution < -0.4 is 4.57 Å². The van der Waals surface area contributed by atoms with Crippen molar-refractivity contribution in [3.63, 3.8) is 0 Å². The first-order valence-electron chi connectivity index (χ1n) is 6.64. The van der Waals surface area contributed by atoms with E-state index in [2.05, 4.69) is 85.2 Å². The van der Waals surface area contributed by atoms with E-state index in [4.69, 9.17) is 0 Å². The molecular formula is C16H18Br2N+. The Bertz CT molecular complexity index is 511. The first-order valence-corrected chi connectivity index (χ1v) is 8.22. The Morgan fingerprint density at radius 1 is 0.895 bits per heavy atom. The summed E-state index contributed by atoms with van der Waals surface area (Å²) in [7, 11) is 0. The van der Waals surface area contributed by atoms with Crippen molar-refractivity contribution in [3.05, 3.63) is 63.3 Å². The van der Waals surface area contributed by atoms with Gasteiger partial charge in [0.05, 0.1) is 0 Å². The molecule has 0 N–H and O–H groups in total. The minimum absolute atomic E-state index is 1.11. The smallest absolute Gasteiger partial charge is 0.168 e. The van der Waals surface area contributed by atoms with E-state index >= 15 is 0 Å². The molecule has 0 aliphatic carbocycles. The molecule has 1 aromatic carbocycles. The normalized spacial score (nSPS) is 10.6. The Balaban J connectivity index is 1.71. The zero-order valence-electron chi connectivity index (χ0n) is 10.9. The van der Waals surface area contributed by atoms with Crippen LogP contribution >= 0.6 is 31.9 Å². The number of unbranched alkanes of at least 4 members (excludes halogenated alkanes) is 2. The van der Waals surface area contributed by atoms with Crippen molar-refractivity contribution >= 4 is 31.9 Å². The standard InChI is InChI=1S/C16H18Br2N/c17-15-8-9-16(18)14(13-15)7-3-1-4-10-19-11-5-2-6-12-19/h2,5-6,8-9,11-13H,1,3-4,7,10H2/q+1. The van der Waals surface area contributed by atoms with Crippen molar-refractivity contribution in [2.45, 2.75) is 32.2 Å². The van der Waals surface area contributed by atoms with Crippen molar-refractivity contribution in [1.82, 2.24) is 0 Å². The molecule has 1 heterocycles. The van der Waals surface area contributed by atoms with Crippen molar-refractivity contribution < 1.29 is 4.57 Å². The first-order chi connectivity index (χ1) is 9.25. The minimum Gasteiger partial charge on any atom is -0.205 e. The summed E-state index contributed by atoms with van der Waals surface area (Å²) in [6, 6.07) is 12.6. The molecule has 0 amide bonds.